The van der Waals surface area contributed by atoms with Gasteiger partial charge in [-0.3, -0.25) is 9.89 Å². The van der Waals surface area contributed by atoms with Crippen LogP contribution in [-0.4, -0.2) is 29.8 Å². The normalized spacial score (nSPS) is 10.2. The van der Waals surface area contributed by atoms with Crippen molar-refractivity contribution < 1.29 is 14.3 Å². The minimum Gasteiger partial charge on any atom is -0.493 e. The van der Waals surface area contributed by atoms with E-state index >= 15 is 0 Å². The molecule has 6 heteroatoms. The maximum atomic E-state index is 11.9. The summed E-state index contributed by atoms with van der Waals surface area (Å²) in [5.74, 6) is 0.880. The SMILES string of the molecule is COc1ccccc1OCC(=O)Nc1c(C)n[nH]c1C. The van der Waals surface area contributed by atoms with Crippen molar-refractivity contribution >= 4 is 11.6 Å². The maximum absolute atomic E-state index is 11.9. The predicted octanol–water partition coefficient (Wildman–Crippen LogP) is 2.05. The van der Waals surface area contributed by atoms with Crippen LogP contribution in [0.5, 0.6) is 11.5 Å². The van der Waals surface area contributed by atoms with Gasteiger partial charge in [-0.05, 0) is 26.0 Å². The second-order valence-electron chi connectivity index (χ2n) is 4.30. The molecule has 0 aliphatic heterocycles. The van der Waals surface area contributed by atoms with E-state index in [0.29, 0.717) is 17.2 Å². The maximum Gasteiger partial charge on any atom is 0.262 e. The lowest BCUT2D eigenvalue weighted by Crippen LogP contribution is -2.21. The molecule has 20 heavy (non-hydrogen) atoms. The van der Waals surface area contributed by atoms with E-state index in [0.717, 1.165) is 11.4 Å². The fraction of sp³-hybridized carbons (Fsp3) is 0.286. The van der Waals surface area contributed by atoms with Crippen LogP contribution in [0.4, 0.5) is 5.69 Å². The number of rotatable bonds is 5. The van der Waals surface area contributed by atoms with Crippen LogP contribution in [0, 0.1) is 13.8 Å². The van der Waals surface area contributed by atoms with Crippen molar-refractivity contribution in [1.29, 1.82) is 0 Å². The molecule has 0 bridgehead atoms. The molecule has 1 aromatic heterocycles. The molecule has 0 saturated carbocycles. The van der Waals surface area contributed by atoms with Gasteiger partial charge in [0, 0.05) is 0 Å². The number of aromatic nitrogens is 2. The lowest BCUT2D eigenvalue weighted by atomic mass is 10.3. The quantitative estimate of drug-likeness (QED) is 0.875. The number of nitrogens with one attached hydrogen (secondary N) is 2. The van der Waals surface area contributed by atoms with Crippen LogP contribution in [-0.2, 0) is 4.79 Å². The highest BCUT2D eigenvalue weighted by molar-refractivity contribution is 5.93. The number of para-hydroxylation sites is 2. The van der Waals surface area contributed by atoms with Crippen LogP contribution >= 0.6 is 0 Å². The van der Waals surface area contributed by atoms with E-state index in [4.69, 9.17) is 9.47 Å². The van der Waals surface area contributed by atoms with Gasteiger partial charge in [0.15, 0.2) is 18.1 Å². The number of methoxy groups -OCH3 is 1. The molecule has 2 aromatic rings. The molecule has 0 radical (unpaired) electrons. The summed E-state index contributed by atoms with van der Waals surface area (Å²) >= 11 is 0. The monoisotopic (exact) mass is 275 g/mol. The molecule has 1 amide bonds. The minimum atomic E-state index is -0.247. The van der Waals surface area contributed by atoms with Crippen molar-refractivity contribution in [3.05, 3.63) is 35.7 Å². The second kappa shape index (κ2) is 6.10. The van der Waals surface area contributed by atoms with Crippen molar-refractivity contribution in [2.45, 2.75) is 13.8 Å². The summed E-state index contributed by atoms with van der Waals surface area (Å²) in [4.78, 5) is 11.9. The zero-order valence-corrected chi connectivity index (χ0v) is 11.7. The molecular formula is C14H17N3O3. The third-order valence-corrected chi connectivity index (χ3v) is 2.82. The molecule has 0 fully saturated rings. The Morgan fingerprint density at radius 3 is 2.60 bits per heavy atom. The predicted molar refractivity (Wildman–Crippen MR) is 75.2 cm³/mol. The molecule has 0 aliphatic carbocycles. The van der Waals surface area contributed by atoms with Gasteiger partial charge >= 0.3 is 0 Å². The van der Waals surface area contributed by atoms with Crippen LogP contribution in [0.25, 0.3) is 0 Å². The lowest BCUT2D eigenvalue weighted by molar-refractivity contribution is -0.118. The Kier molecular flexibility index (Phi) is 4.24. The summed E-state index contributed by atoms with van der Waals surface area (Å²) in [5, 5.41) is 9.59. The highest BCUT2D eigenvalue weighted by atomic mass is 16.5. The number of nitrogens with zero attached hydrogens (tertiary/aromatic N) is 1. The molecule has 1 heterocycles. The summed E-state index contributed by atoms with van der Waals surface area (Å²) in [5.41, 5.74) is 2.25. The molecule has 106 valence electrons. The zero-order chi connectivity index (χ0) is 14.5. The average Bonchev–Trinajstić information content (AvgIpc) is 2.77. The topological polar surface area (TPSA) is 76.2 Å². The van der Waals surface area contributed by atoms with E-state index in [-0.39, 0.29) is 12.5 Å². The van der Waals surface area contributed by atoms with Gasteiger partial charge in [0.1, 0.15) is 0 Å². The van der Waals surface area contributed by atoms with Crippen LogP contribution in [0.2, 0.25) is 0 Å². The van der Waals surface area contributed by atoms with Crippen LogP contribution in [0.15, 0.2) is 24.3 Å². The molecule has 0 unspecified atom stereocenters. The van der Waals surface area contributed by atoms with Crippen molar-refractivity contribution in [2.75, 3.05) is 19.0 Å². The van der Waals surface area contributed by atoms with E-state index in [9.17, 15) is 4.79 Å². The number of carbonyl (C=O) groups excluding carboxylic acids is 1. The Morgan fingerprint density at radius 2 is 2.00 bits per heavy atom. The van der Waals surface area contributed by atoms with Crippen molar-refractivity contribution in [2.24, 2.45) is 0 Å². The number of hydrogen-bond acceptors (Lipinski definition) is 4. The van der Waals surface area contributed by atoms with Crippen LogP contribution in [0.3, 0.4) is 0 Å². The van der Waals surface area contributed by atoms with Crippen molar-refractivity contribution in [3.8, 4) is 11.5 Å². The Bertz CT molecular complexity index is 588. The number of aromatic amines is 1. The first kappa shape index (κ1) is 13.9. The Balaban J connectivity index is 1.96. The van der Waals surface area contributed by atoms with Gasteiger partial charge in [0.2, 0.25) is 0 Å². The largest absolute Gasteiger partial charge is 0.493 e. The fourth-order valence-corrected chi connectivity index (χ4v) is 1.79. The average molecular weight is 275 g/mol. The lowest BCUT2D eigenvalue weighted by Gasteiger charge is -2.10. The molecule has 1 aromatic carbocycles. The number of aryl methyl sites for hydroxylation is 2. The Hall–Kier alpha value is -2.50. The van der Waals surface area contributed by atoms with Gasteiger partial charge in [0.05, 0.1) is 24.2 Å². The highest BCUT2D eigenvalue weighted by Crippen LogP contribution is 2.25. The summed E-state index contributed by atoms with van der Waals surface area (Å²) in [6.07, 6.45) is 0. The molecule has 6 nitrogen and oxygen atoms in total. The molecule has 2 N–H and O–H groups in total. The number of carbonyl (C=O) groups is 1. The Morgan fingerprint density at radius 1 is 1.30 bits per heavy atom. The molecule has 0 spiro atoms. The number of hydrogen-bond donors (Lipinski definition) is 2. The van der Waals surface area contributed by atoms with E-state index in [1.165, 1.54) is 0 Å². The second-order valence-corrected chi connectivity index (χ2v) is 4.30. The number of H-pyrrole nitrogens is 1. The highest BCUT2D eigenvalue weighted by Gasteiger charge is 2.11. The van der Waals surface area contributed by atoms with E-state index in [2.05, 4.69) is 15.5 Å². The smallest absolute Gasteiger partial charge is 0.262 e. The van der Waals surface area contributed by atoms with E-state index in [1.807, 2.05) is 26.0 Å². The first-order chi connectivity index (χ1) is 9.61. The van der Waals surface area contributed by atoms with E-state index in [1.54, 1.807) is 19.2 Å². The standard InChI is InChI=1S/C14H17N3O3/c1-9-14(10(2)17-16-9)15-13(18)8-20-12-7-5-4-6-11(12)19-3/h4-7H,8H2,1-3H3,(H,15,18)(H,16,17). The van der Waals surface area contributed by atoms with Crippen LogP contribution < -0.4 is 14.8 Å². The molecule has 2 rings (SSSR count). The molecule has 0 saturated heterocycles. The number of ether oxygens (including phenoxy) is 2. The number of anilines is 1. The van der Waals surface area contributed by atoms with Crippen molar-refractivity contribution in [3.63, 3.8) is 0 Å². The molecular weight excluding hydrogens is 258 g/mol. The minimum absolute atomic E-state index is 0.0928. The van der Waals surface area contributed by atoms with E-state index < -0.39 is 0 Å². The van der Waals surface area contributed by atoms with Crippen molar-refractivity contribution in [1.82, 2.24) is 10.2 Å². The third-order valence-electron chi connectivity index (χ3n) is 2.82. The van der Waals surface area contributed by atoms with Gasteiger partial charge in [-0.1, -0.05) is 12.1 Å². The fourth-order valence-electron chi connectivity index (χ4n) is 1.79. The number of benzene rings is 1. The Labute approximate surface area is 117 Å². The van der Waals surface area contributed by atoms with Crippen LogP contribution in [0.1, 0.15) is 11.4 Å². The van der Waals surface area contributed by atoms with Gasteiger partial charge in [-0.25, -0.2) is 0 Å². The third kappa shape index (κ3) is 3.09. The summed E-state index contributed by atoms with van der Waals surface area (Å²) < 4.78 is 10.6. The zero-order valence-electron chi connectivity index (χ0n) is 11.7. The molecule has 0 atom stereocenters. The summed E-state index contributed by atoms with van der Waals surface area (Å²) in [6, 6.07) is 7.18. The first-order valence-electron chi connectivity index (χ1n) is 6.19. The van der Waals surface area contributed by atoms with Gasteiger partial charge in [0.25, 0.3) is 5.91 Å². The van der Waals surface area contributed by atoms with Gasteiger partial charge in [-0.2, -0.15) is 5.10 Å². The number of amides is 1. The van der Waals surface area contributed by atoms with Gasteiger partial charge < -0.3 is 14.8 Å². The van der Waals surface area contributed by atoms with Gasteiger partial charge in [-0.15, -0.1) is 0 Å². The first-order valence-corrected chi connectivity index (χ1v) is 6.19. The molecule has 0 aliphatic rings. The summed E-state index contributed by atoms with van der Waals surface area (Å²) in [6.45, 7) is 3.57. The summed E-state index contributed by atoms with van der Waals surface area (Å²) in [7, 11) is 1.56.